The molecule has 0 aliphatic carbocycles. The standard InChI is InChI=1S/C12H15NO3/c1-13(11(14)7-8-12(15)16)9-10-5-3-2-4-6-10/h2-6H,7-9H2,1H3,(H,15,16)/p-1. The molecule has 1 amide bonds. The normalized spacial score (nSPS) is 9.81. The minimum atomic E-state index is -1.19. The molecule has 4 nitrogen and oxygen atoms in total. The summed E-state index contributed by atoms with van der Waals surface area (Å²) in [6, 6.07) is 9.54. The monoisotopic (exact) mass is 220 g/mol. The summed E-state index contributed by atoms with van der Waals surface area (Å²) in [5, 5.41) is 10.2. The number of carbonyl (C=O) groups is 2. The average molecular weight is 220 g/mol. The Hall–Kier alpha value is -1.84. The van der Waals surface area contributed by atoms with Gasteiger partial charge in [0.2, 0.25) is 5.91 Å². The molecule has 0 saturated carbocycles. The zero-order chi connectivity index (χ0) is 12.0. The summed E-state index contributed by atoms with van der Waals surface area (Å²) in [5.74, 6) is -1.38. The Morgan fingerprint density at radius 3 is 2.38 bits per heavy atom. The van der Waals surface area contributed by atoms with Crippen molar-refractivity contribution < 1.29 is 14.7 Å². The first-order chi connectivity index (χ1) is 7.59. The lowest BCUT2D eigenvalue weighted by atomic mass is 10.2. The quantitative estimate of drug-likeness (QED) is 0.711. The number of amides is 1. The van der Waals surface area contributed by atoms with Crippen LogP contribution in [-0.2, 0) is 16.1 Å². The fourth-order valence-corrected chi connectivity index (χ4v) is 1.35. The van der Waals surface area contributed by atoms with Gasteiger partial charge in [0.25, 0.3) is 0 Å². The lowest BCUT2D eigenvalue weighted by molar-refractivity contribution is -0.305. The Morgan fingerprint density at radius 2 is 1.81 bits per heavy atom. The maximum atomic E-state index is 11.5. The molecule has 1 aromatic rings. The largest absolute Gasteiger partial charge is 0.550 e. The molecule has 0 radical (unpaired) electrons. The highest BCUT2D eigenvalue weighted by molar-refractivity contribution is 5.79. The van der Waals surface area contributed by atoms with Crippen LogP contribution < -0.4 is 5.11 Å². The van der Waals surface area contributed by atoms with Gasteiger partial charge in [0.1, 0.15) is 0 Å². The van der Waals surface area contributed by atoms with Crippen LogP contribution in [0.3, 0.4) is 0 Å². The summed E-state index contributed by atoms with van der Waals surface area (Å²) in [5.41, 5.74) is 1.02. The fraction of sp³-hybridized carbons (Fsp3) is 0.333. The molecule has 0 aliphatic rings. The molecule has 0 aliphatic heterocycles. The second-order valence-electron chi connectivity index (χ2n) is 3.61. The predicted octanol–water partition coefficient (Wildman–Crippen LogP) is 0.175. The molecule has 1 rings (SSSR count). The first-order valence-electron chi connectivity index (χ1n) is 5.07. The van der Waals surface area contributed by atoms with Crippen LogP contribution in [0.25, 0.3) is 0 Å². The summed E-state index contributed by atoms with van der Waals surface area (Å²) >= 11 is 0. The van der Waals surface area contributed by atoms with Crippen molar-refractivity contribution in [1.82, 2.24) is 4.90 Å². The highest BCUT2D eigenvalue weighted by atomic mass is 16.4. The van der Waals surface area contributed by atoms with Crippen molar-refractivity contribution in [3.63, 3.8) is 0 Å². The molecule has 0 saturated heterocycles. The van der Waals surface area contributed by atoms with Crippen LogP contribution in [0.5, 0.6) is 0 Å². The van der Waals surface area contributed by atoms with Crippen molar-refractivity contribution in [2.75, 3.05) is 7.05 Å². The van der Waals surface area contributed by atoms with E-state index in [1.165, 1.54) is 4.90 Å². The molecule has 0 aromatic heterocycles. The van der Waals surface area contributed by atoms with Gasteiger partial charge in [-0.25, -0.2) is 0 Å². The molecular formula is C12H14NO3-. The molecule has 4 heteroatoms. The summed E-state index contributed by atoms with van der Waals surface area (Å²) < 4.78 is 0. The molecule has 0 spiro atoms. The van der Waals surface area contributed by atoms with Gasteiger partial charge in [-0.2, -0.15) is 0 Å². The third-order valence-electron chi connectivity index (χ3n) is 2.23. The van der Waals surface area contributed by atoms with Crippen molar-refractivity contribution in [3.8, 4) is 0 Å². The molecule has 0 unspecified atom stereocenters. The summed E-state index contributed by atoms with van der Waals surface area (Å²) in [6.07, 6.45) is -0.233. The highest BCUT2D eigenvalue weighted by Crippen LogP contribution is 2.04. The second-order valence-corrected chi connectivity index (χ2v) is 3.61. The maximum Gasteiger partial charge on any atom is 0.222 e. The third kappa shape index (κ3) is 4.13. The van der Waals surface area contributed by atoms with E-state index in [1.54, 1.807) is 7.05 Å². The van der Waals surface area contributed by atoms with Gasteiger partial charge in [-0.15, -0.1) is 0 Å². The van der Waals surface area contributed by atoms with Gasteiger partial charge in [-0.3, -0.25) is 4.79 Å². The van der Waals surface area contributed by atoms with E-state index in [1.807, 2.05) is 30.3 Å². The molecule has 0 N–H and O–H groups in total. The SMILES string of the molecule is CN(Cc1ccccc1)C(=O)CCC(=O)[O-]. The molecule has 1 aromatic carbocycles. The topological polar surface area (TPSA) is 60.4 Å². The van der Waals surface area contributed by atoms with Crippen LogP contribution in [0.1, 0.15) is 18.4 Å². The third-order valence-corrected chi connectivity index (χ3v) is 2.23. The zero-order valence-corrected chi connectivity index (χ0v) is 9.18. The van der Waals surface area contributed by atoms with E-state index in [2.05, 4.69) is 0 Å². The minimum Gasteiger partial charge on any atom is -0.550 e. The Balaban J connectivity index is 2.43. The van der Waals surface area contributed by atoms with E-state index >= 15 is 0 Å². The van der Waals surface area contributed by atoms with Gasteiger partial charge >= 0.3 is 0 Å². The van der Waals surface area contributed by atoms with Gasteiger partial charge in [0, 0.05) is 26.0 Å². The van der Waals surface area contributed by atoms with Gasteiger partial charge in [-0.1, -0.05) is 30.3 Å². The predicted molar refractivity (Wildman–Crippen MR) is 57.2 cm³/mol. The van der Waals surface area contributed by atoms with E-state index in [-0.39, 0.29) is 18.7 Å². The molecule has 0 atom stereocenters. The van der Waals surface area contributed by atoms with Crippen molar-refractivity contribution in [1.29, 1.82) is 0 Å². The summed E-state index contributed by atoms with van der Waals surface area (Å²) in [4.78, 5) is 23.2. The maximum absolute atomic E-state index is 11.5. The molecule has 86 valence electrons. The average Bonchev–Trinajstić information content (AvgIpc) is 2.27. The number of hydrogen-bond donors (Lipinski definition) is 0. The lowest BCUT2D eigenvalue weighted by Crippen LogP contribution is -2.29. The number of benzene rings is 1. The van der Waals surface area contributed by atoms with E-state index in [9.17, 15) is 14.7 Å². The number of nitrogens with zero attached hydrogens (tertiary/aromatic N) is 1. The van der Waals surface area contributed by atoms with Crippen LogP contribution in [0.15, 0.2) is 30.3 Å². The van der Waals surface area contributed by atoms with Gasteiger partial charge in [0.15, 0.2) is 0 Å². The Bertz CT molecular complexity index is 362. The van der Waals surface area contributed by atoms with Gasteiger partial charge < -0.3 is 14.8 Å². The number of rotatable bonds is 5. The molecule has 0 heterocycles. The smallest absolute Gasteiger partial charge is 0.222 e. The Kier molecular flexibility index (Phi) is 4.51. The van der Waals surface area contributed by atoms with Crippen molar-refractivity contribution >= 4 is 11.9 Å². The molecule has 16 heavy (non-hydrogen) atoms. The molecule has 0 fully saturated rings. The fourth-order valence-electron chi connectivity index (χ4n) is 1.35. The van der Waals surface area contributed by atoms with Crippen LogP contribution in [0.2, 0.25) is 0 Å². The first kappa shape index (κ1) is 12.2. The number of hydrogen-bond acceptors (Lipinski definition) is 3. The second kappa shape index (κ2) is 5.90. The molecule has 0 bridgehead atoms. The van der Waals surface area contributed by atoms with Crippen LogP contribution in [-0.4, -0.2) is 23.8 Å². The van der Waals surface area contributed by atoms with Crippen molar-refractivity contribution in [2.45, 2.75) is 19.4 Å². The van der Waals surface area contributed by atoms with Crippen molar-refractivity contribution in [2.24, 2.45) is 0 Å². The number of carboxylic acids is 1. The van der Waals surface area contributed by atoms with E-state index in [0.717, 1.165) is 5.56 Å². The number of carbonyl (C=O) groups excluding carboxylic acids is 2. The van der Waals surface area contributed by atoms with Crippen LogP contribution in [0, 0.1) is 0 Å². The van der Waals surface area contributed by atoms with E-state index in [0.29, 0.717) is 6.54 Å². The summed E-state index contributed by atoms with van der Waals surface area (Å²) in [6.45, 7) is 0.493. The summed E-state index contributed by atoms with van der Waals surface area (Å²) in [7, 11) is 1.66. The van der Waals surface area contributed by atoms with Crippen molar-refractivity contribution in [3.05, 3.63) is 35.9 Å². The van der Waals surface area contributed by atoms with E-state index in [4.69, 9.17) is 0 Å². The lowest BCUT2D eigenvalue weighted by Gasteiger charge is -2.17. The Morgan fingerprint density at radius 1 is 1.19 bits per heavy atom. The molecular weight excluding hydrogens is 206 g/mol. The number of carboxylic acid groups (broad SMARTS) is 1. The minimum absolute atomic E-state index is 0.00827. The van der Waals surface area contributed by atoms with Crippen LogP contribution in [0.4, 0.5) is 0 Å². The van der Waals surface area contributed by atoms with E-state index < -0.39 is 5.97 Å². The number of aliphatic carboxylic acids is 1. The zero-order valence-electron chi connectivity index (χ0n) is 9.18. The first-order valence-corrected chi connectivity index (χ1v) is 5.07. The van der Waals surface area contributed by atoms with Gasteiger partial charge in [0.05, 0.1) is 0 Å². The van der Waals surface area contributed by atoms with Gasteiger partial charge in [-0.05, 0) is 12.0 Å². The van der Waals surface area contributed by atoms with Crippen LogP contribution >= 0.6 is 0 Å². The highest BCUT2D eigenvalue weighted by Gasteiger charge is 2.08. The Labute approximate surface area is 94.5 Å².